The molecule has 0 aromatic carbocycles. The topological polar surface area (TPSA) is 82.1 Å². The van der Waals surface area contributed by atoms with E-state index in [0.29, 0.717) is 38.1 Å². The highest BCUT2D eigenvalue weighted by atomic mass is 16.2. The first kappa shape index (κ1) is 15.5. The Morgan fingerprint density at radius 1 is 1.38 bits per heavy atom. The van der Waals surface area contributed by atoms with Crippen LogP contribution in [0.15, 0.2) is 5.10 Å². The number of amides is 3. The maximum atomic E-state index is 12.6. The summed E-state index contributed by atoms with van der Waals surface area (Å²) in [4.78, 5) is 37.6. The van der Waals surface area contributed by atoms with Crippen LogP contribution in [0.5, 0.6) is 0 Å². The van der Waals surface area contributed by atoms with Gasteiger partial charge in [0.1, 0.15) is 11.8 Å². The number of unbranched alkanes of at least 4 members (excludes halogenated alkanes) is 1. The number of piperazine rings is 1. The average Bonchev–Trinajstić information content (AvgIpc) is 2.48. The van der Waals surface area contributed by atoms with Crippen molar-refractivity contribution in [3.8, 4) is 0 Å². The first-order valence-corrected chi connectivity index (χ1v) is 7.47. The molecule has 1 N–H and O–H groups in total. The van der Waals surface area contributed by atoms with Gasteiger partial charge in [-0.1, -0.05) is 19.8 Å². The maximum absolute atomic E-state index is 12.6. The van der Waals surface area contributed by atoms with E-state index in [-0.39, 0.29) is 17.7 Å². The summed E-state index contributed by atoms with van der Waals surface area (Å²) in [5.41, 5.74) is 0.369. The van der Waals surface area contributed by atoms with Crippen molar-refractivity contribution >= 4 is 23.4 Å². The summed E-state index contributed by atoms with van der Waals surface area (Å²) in [7, 11) is 1.55. The molecule has 1 saturated heterocycles. The molecular weight excluding hydrogens is 272 g/mol. The first-order chi connectivity index (χ1) is 10.0. The van der Waals surface area contributed by atoms with E-state index in [2.05, 4.69) is 17.3 Å². The van der Waals surface area contributed by atoms with Crippen molar-refractivity contribution < 1.29 is 14.4 Å². The SMILES string of the molecule is CCCC[C@@H]1C(=O)NCCN1C(=O)C1=NN(C)C(=O)CC1. The molecule has 3 amide bonds. The molecule has 21 heavy (non-hydrogen) atoms. The minimum absolute atomic E-state index is 0.0922. The number of carbonyl (C=O) groups excluding carboxylic acids is 3. The second-order valence-electron chi connectivity index (χ2n) is 5.41. The van der Waals surface area contributed by atoms with E-state index in [1.807, 2.05) is 0 Å². The standard InChI is InChI=1S/C14H22N4O3/c1-3-4-5-11-13(20)15-8-9-18(11)14(21)10-6-7-12(19)17(2)16-10/h11H,3-9H2,1-2H3,(H,15,20)/t11-/m1/s1. The highest BCUT2D eigenvalue weighted by Gasteiger charge is 2.35. The van der Waals surface area contributed by atoms with Crippen LogP contribution in [0.25, 0.3) is 0 Å². The number of hydrogen-bond acceptors (Lipinski definition) is 4. The van der Waals surface area contributed by atoms with Gasteiger partial charge in [-0.05, 0) is 6.42 Å². The first-order valence-electron chi connectivity index (χ1n) is 7.47. The van der Waals surface area contributed by atoms with Crippen molar-refractivity contribution in [2.75, 3.05) is 20.1 Å². The zero-order chi connectivity index (χ0) is 15.4. The van der Waals surface area contributed by atoms with Gasteiger partial charge in [-0.3, -0.25) is 14.4 Å². The molecule has 116 valence electrons. The van der Waals surface area contributed by atoms with Crippen molar-refractivity contribution in [3.63, 3.8) is 0 Å². The number of nitrogens with zero attached hydrogens (tertiary/aromatic N) is 3. The molecule has 0 aromatic rings. The molecule has 2 heterocycles. The van der Waals surface area contributed by atoms with Crippen LogP contribution in [0.1, 0.15) is 39.0 Å². The lowest BCUT2D eigenvalue weighted by Crippen LogP contribution is -2.58. The molecule has 7 heteroatoms. The summed E-state index contributed by atoms with van der Waals surface area (Å²) in [6, 6.07) is -0.420. The quantitative estimate of drug-likeness (QED) is 0.799. The molecule has 1 fully saturated rings. The molecule has 2 aliphatic rings. The lowest BCUT2D eigenvalue weighted by Gasteiger charge is -2.36. The largest absolute Gasteiger partial charge is 0.353 e. The number of rotatable bonds is 4. The van der Waals surface area contributed by atoms with Gasteiger partial charge >= 0.3 is 0 Å². The fourth-order valence-corrected chi connectivity index (χ4v) is 2.63. The second kappa shape index (κ2) is 6.69. The summed E-state index contributed by atoms with van der Waals surface area (Å²) in [6.07, 6.45) is 3.17. The van der Waals surface area contributed by atoms with Gasteiger partial charge in [0.25, 0.3) is 5.91 Å². The molecule has 2 aliphatic heterocycles. The Morgan fingerprint density at radius 2 is 2.14 bits per heavy atom. The Morgan fingerprint density at radius 3 is 2.81 bits per heavy atom. The number of hydrogen-bond donors (Lipinski definition) is 1. The Hall–Kier alpha value is -1.92. The third kappa shape index (κ3) is 3.40. The van der Waals surface area contributed by atoms with E-state index < -0.39 is 6.04 Å². The lowest BCUT2D eigenvalue weighted by atomic mass is 10.0. The van der Waals surface area contributed by atoms with Crippen molar-refractivity contribution in [1.29, 1.82) is 0 Å². The van der Waals surface area contributed by atoms with Crippen molar-refractivity contribution in [2.45, 2.75) is 45.1 Å². The zero-order valence-corrected chi connectivity index (χ0v) is 12.6. The molecule has 0 aromatic heterocycles. The van der Waals surface area contributed by atoms with Gasteiger partial charge < -0.3 is 10.2 Å². The van der Waals surface area contributed by atoms with E-state index >= 15 is 0 Å². The van der Waals surface area contributed by atoms with Gasteiger partial charge in [-0.2, -0.15) is 5.10 Å². The van der Waals surface area contributed by atoms with E-state index in [0.717, 1.165) is 12.8 Å². The summed E-state index contributed by atoms with van der Waals surface area (Å²) in [6.45, 7) is 3.02. The maximum Gasteiger partial charge on any atom is 0.270 e. The van der Waals surface area contributed by atoms with E-state index in [9.17, 15) is 14.4 Å². The summed E-state index contributed by atoms with van der Waals surface area (Å²) >= 11 is 0. The molecular formula is C14H22N4O3. The minimum atomic E-state index is -0.420. The van der Waals surface area contributed by atoms with Crippen LogP contribution < -0.4 is 5.32 Å². The normalized spacial score (nSPS) is 23.0. The Balaban J connectivity index is 2.13. The van der Waals surface area contributed by atoms with E-state index in [1.165, 1.54) is 5.01 Å². The van der Waals surface area contributed by atoms with Crippen LogP contribution in [0, 0.1) is 0 Å². The van der Waals surface area contributed by atoms with Crippen molar-refractivity contribution in [3.05, 3.63) is 0 Å². The predicted octanol–water partition coefficient (Wildman–Crippen LogP) is 0.112. The van der Waals surface area contributed by atoms with Crippen LogP contribution in [0.4, 0.5) is 0 Å². The van der Waals surface area contributed by atoms with Crippen molar-refractivity contribution in [2.24, 2.45) is 5.10 Å². The highest BCUT2D eigenvalue weighted by molar-refractivity contribution is 6.39. The van der Waals surface area contributed by atoms with Gasteiger partial charge in [-0.25, -0.2) is 5.01 Å². The third-order valence-electron chi connectivity index (χ3n) is 3.88. The average molecular weight is 294 g/mol. The Labute approximate surface area is 124 Å². The number of carbonyl (C=O) groups is 3. The second-order valence-corrected chi connectivity index (χ2v) is 5.41. The third-order valence-corrected chi connectivity index (χ3v) is 3.88. The van der Waals surface area contributed by atoms with E-state index in [1.54, 1.807) is 11.9 Å². The predicted molar refractivity (Wildman–Crippen MR) is 77.5 cm³/mol. The molecule has 0 aliphatic carbocycles. The molecule has 0 saturated carbocycles. The van der Waals surface area contributed by atoms with Crippen LogP contribution >= 0.6 is 0 Å². The van der Waals surface area contributed by atoms with Gasteiger partial charge in [0.15, 0.2) is 0 Å². The molecule has 0 bridgehead atoms. The highest BCUT2D eigenvalue weighted by Crippen LogP contribution is 2.16. The van der Waals surface area contributed by atoms with Crippen molar-refractivity contribution in [1.82, 2.24) is 15.2 Å². The molecule has 7 nitrogen and oxygen atoms in total. The molecule has 0 radical (unpaired) electrons. The van der Waals surface area contributed by atoms with Crippen LogP contribution in [-0.2, 0) is 14.4 Å². The molecule has 2 rings (SSSR count). The van der Waals surface area contributed by atoms with E-state index in [4.69, 9.17) is 0 Å². The lowest BCUT2D eigenvalue weighted by molar-refractivity contribution is -0.139. The monoisotopic (exact) mass is 294 g/mol. The molecule has 0 unspecified atom stereocenters. The smallest absolute Gasteiger partial charge is 0.270 e. The zero-order valence-electron chi connectivity index (χ0n) is 12.6. The summed E-state index contributed by atoms with van der Waals surface area (Å²) in [5, 5.41) is 8.07. The van der Waals surface area contributed by atoms with Crippen LogP contribution in [0.2, 0.25) is 0 Å². The number of nitrogens with one attached hydrogen (secondary N) is 1. The minimum Gasteiger partial charge on any atom is -0.353 e. The Bertz CT molecular complexity index is 475. The van der Waals surface area contributed by atoms with Crippen LogP contribution in [-0.4, -0.2) is 59.5 Å². The summed E-state index contributed by atoms with van der Waals surface area (Å²) in [5.74, 6) is -0.403. The molecule has 1 atom stereocenters. The van der Waals surface area contributed by atoms with Gasteiger partial charge in [-0.15, -0.1) is 0 Å². The molecule has 0 spiro atoms. The fourth-order valence-electron chi connectivity index (χ4n) is 2.63. The van der Waals surface area contributed by atoms with Gasteiger partial charge in [0, 0.05) is 33.0 Å². The van der Waals surface area contributed by atoms with Crippen LogP contribution in [0.3, 0.4) is 0 Å². The Kier molecular flexibility index (Phi) is 4.93. The van der Waals surface area contributed by atoms with Gasteiger partial charge in [0.05, 0.1) is 0 Å². The fraction of sp³-hybridized carbons (Fsp3) is 0.714. The summed E-state index contributed by atoms with van der Waals surface area (Å²) < 4.78 is 0. The number of hydrazone groups is 1. The van der Waals surface area contributed by atoms with Gasteiger partial charge in [0.2, 0.25) is 11.8 Å².